The molecule has 0 N–H and O–H groups in total. The highest BCUT2D eigenvalue weighted by Crippen LogP contribution is 2.20. The van der Waals surface area contributed by atoms with Crippen molar-refractivity contribution >= 4 is 21.7 Å². The van der Waals surface area contributed by atoms with Crippen LogP contribution in [0.1, 0.15) is 32.5 Å². The summed E-state index contributed by atoms with van der Waals surface area (Å²) in [5.41, 5.74) is 0. The van der Waals surface area contributed by atoms with Gasteiger partial charge in [-0.25, -0.2) is 9.97 Å². The molecule has 1 atom stereocenters. The molecule has 0 saturated carbocycles. The first kappa shape index (κ1) is 14.4. The first-order chi connectivity index (χ1) is 7.95. The molecule has 1 aromatic rings. The molecule has 0 saturated heterocycles. The van der Waals surface area contributed by atoms with E-state index >= 15 is 0 Å². The molecule has 5 heteroatoms. The summed E-state index contributed by atoms with van der Waals surface area (Å²) in [6.07, 6.45) is 0. The fourth-order valence-electron chi connectivity index (χ4n) is 1.44. The molecule has 17 heavy (non-hydrogen) atoms. The van der Waals surface area contributed by atoms with Crippen LogP contribution in [-0.2, 0) is 4.74 Å². The van der Waals surface area contributed by atoms with Crippen molar-refractivity contribution in [2.24, 2.45) is 0 Å². The molecule has 0 amide bonds. The van der Waals surface area contributed by atoms with E-state index in [9.17, 15) is 0 Å². The summed E-state index contributed by atoms with van der Waals surface area (Å²) in [5.74, 6) is 2.09. The van der Waals surface area contributed by atoms with Gasteiger partial charge in [0.05, 0.1) is 12.6 Å². The number of anilines is 1. The van der Waals surface area contributed by atoms with Crippen LogP contribution in [0.5, 0.6) is 0 Å². The highest BCUT2D eigenvalue weighted by molar-refractivity contribution is 9.10. The predicted molar refractivity (Wildman–Crippen MR) is 73.6 cm³/mol. The van der Waals surface area contributed by atoms with Crippen LogP contribution in [0.15, 0.2) is 10.7 Å². The Balaban J connectivity index is 2.96. The molecule has 0 aromatic carbocycles. The smallest absolute Gasteiger partial charge is 0.134 e. The maximum Gasteiger partial charge on any atom is 0.134 e. The van der Waals surface area contributed by atoms with Gasteiger partial charge in [0.25, 0.3) is 0 Å². The summed E-state index contributed by atoms with van der Waals surface area (Å²) in [4.78, 5) is 11.0. The van der Waals surface area contributed by atoms with E-state index in [1.165, 1.54) is 0 Å². The Kier molecular flexibility index (Phi) is 5.33. The first-order valence-corrected chi connectivity index (χ1v) is 6.51. The maximum atomic E-state index is 5.16. The number of methoxy groups -OCH3 is 1. The molecule has 1 unspecified atom stereocenters. The van der Waals surface area contributed by atoms with Gasteiger partial charge in [-0.15, -0.1) is 0 Å². The molecule has 0 fully saturated rings. The zero-order valence-corrected chi connectivity index (χ0v) is 12.7. The van der Waals surface area contributed by atoms with Gasteiger partial charge in [-0.2, -0.15) is 0 Å². The van der Waals surface area contributed by atoms with Crippen molar-refractivity contribution in [1.29, 1.82) is 0 Å². The zero-order valence-electron chi connectivity index (χ0n) is 11.1. The maximum absolute atomic E-state index is 5.16. The third-order valence-corrected chi connectivity index (χ3v) is 3.05. The Morgan fingerprint density at radius 2 is 2.00 bits per heavy atom. The second kappa shape index (κ2) is 6.31. The van der Waals surface area contributed by atoms with Crippen molar-refractivity contribution in [2.45, 2.75) is 32.7 Å². The molecule has 0 aliphatic heterocycles. The van der Waals surface area contributed by atoms with Crippen LogP contribution >= 0.6 is 15.9 Å². The normalized spacial score (nSPS) is 12.9. The topological polar surface area (TPSA) is 38.2 Å². The molecule has 0 aliphatic rings. The highest BCUT2D eigenvalue weighted by atomic mass is 79.9. The largest absolute Gasteiger partial charge is 0.383 e. The van der Waals surface area contributed by atoms with E-state index in [1.807, 2.05) is 13.1 Å². The number of likely N-dealkylation sites (N-methyl/N-ethyl adjacent to an activating group) is 1. The minimum atomic E-state index is 0.279. The molecule has 1 heterocycles. The van der Waals surface area contributed by atoms with Crippen LogP contribution in [0.2, 0.25) is 0 Å². The van der Waals surface area contributed by atoms with Crippen molar-refractivity contribution in [3.05, 3.63) is 16.5 Å². The quantitative estimate of drug-likeness (QED) is 0.784. The van der Waals surface area contributed by atoms with Gasteiger partial charge in [0.1, 0.15) is 16.2 Å². The number of ether oxygens (including phenoxy) is 1. The first-order valence-electron chi connectivity index (χ1n) is 5.72. The van der Waals surface area contributed by atoms with E-state index < -0.39 is 0 Å². The van der Waals surface area contributed by atoms with Crippen LogP contribution in [0, 0.1) is 0 Å². The van der Waals surface area contributed by atoms with Crippen LogP contribution < -0.4 is 4.90 Å². The van der Waals surface area contributed by atoms with Gasteiger partial charge < -0.3 is 9.64 Å². The number of hydrogen-bond acceptors (Lipinski definition) is 4. The van der Waals surface area contributed by atoms with E-state index in [4.69, 9.17) is 4.74 Å². The minimum absolute atomic E-state index is 0.279. The molecular weight excluding hydrogens is 282 g/mol. The third kappa shape index (κ3) is 3.92. The van der Waals surface area contributed by atoms with Crippen molar-refractivity contribution < 1.29 is 4.74 Å². The summed E-state index contributed by atoms with van der Waals surface area (Å²) in [6, 6.07) is 2.21. The van der Waals surface area contributed by atoms with Crippen molar-refractivity contribution in [3.63, 3.8) is 0 Å². The summed E-state index contributed by atoms with van der Waals surface area (Å²) in [6.45, 7) is 6.96. The van der Waals surface area contributed by atoms with Crippen LogP contribution in [0.3, 0.4) is 0 Å². The SMILES string of the molecule is COCC(C)N(C)c1cc(Br)nc(C(C)C)n1. The second-order valence-electron chi connectivity index (χ2n) is 4.48. The summed E-state index contributed by atoms with van der Waals surface area (Å²) in [5, 5.41) is 0. The number of hydrogen-bond donors (Lipinski definition) is 0. The lowest BCUT2D eigenvalue weighted by molar-refractivity contribution is 0.183. The Hall–Kier alpha value is -0.680. The van der Waals surface area contributed by atoms with E-state index in [-0.39, 0.29) is 6.04 Å². The van der Waals surface area contributed by atoms with E-state index in [1.54, 1.807) is 7.11 Å². The van der Waals surface area contributed by atoms with E-state index in [0.717, 1.165) is 16.2 Å². The Morgan fingerprint density at radius 3 is 2.53 bits per heavy atom. The molecular formula is C12H20BrN3O. The average Bonchev–Trinajstić information content (AvgIpc) is 2.27. The molecule has 1 rings (SSSR count). The second-order valence-corrected chi connectivity index (χ2v) is 5.29. The summed E-state index contributed by atoms with van der Waals surface area (Å²) >= 11 is 3.43. The minimum Gasteiger partial charge on any atom is -0.383 e. The lowest BCUT2D eigenvalue weighted by atomic mass is 10.2. The van der Waals surface area contributed by atoms with Gasteiger partial charge in [0, 0.05) is 26.1 Å². The van der Waals surface area contributed by atoms with Crippen LogP contribution in [-0.4, -0.2) is 36.8 Å². The fraction of sp³-hybridized carbons (Fsp3) is 0.667. The van der Waals surface area contributed by atoms with Gasteiger partial charge in [-0.3, -0.25) is 0 Å². The standard InChI is InChI=1S/C12H20BrN3O/c1-8(2)12-14-10(13)6-11(15-12)16(4)9(3)7-17-5/h6,8-9H,7H2,1-5H3. The summed E-state index contributed by atoms with van der Waals surface area (Å²) < 4.78 is 5.98. The van der Waals surface area contributed by atoms with Gasteiger partial charge in [0.15, 0.2) is 0 Å². The number of halogens is 1. The molecule has 0 radical (unpaired) electrons. The van der Waals surface area contributed by atoms with Crippen LogP contribution in [0.25, 0.3) is 0 Å². The van der Waals surface area contributed by atoms with Crippen molar-refractivity contribution in [2.75, 3.05) is 25.7 Å². The van der Waals surface area contributed by atoms with Gasteiger partial charge >= 0.3 is 0 Å². The number of rotatable bonds is 5. The van der Waals surface area contributed by atoms with Gasteiger partial charge in [-0.05, 0) is 22.9 Å². The van der Waals surface area contributed by atoms with Crippen LogP contribution in [0.4, 0.5) is 5.82 Å². The van der Waals surface area contributed by atoms with Crippen molar-refractivity contribution in [3.8, 4) is 0 Å². The van der Waals surface area contributed by atoms with Gasteiger partial charge in [0.2, 0.25) is 0 Å². The Labute approximate surface area is 112 Å². The van der Waals surface area contributed by atoms with Crippen molar-refractivity contribution in [1.82, 2.24) is 9.97 Å². The predicted octanol–water partition coefficient (Wildman–Crippen LogP) is 2.83. The number of aromatic nitrogens is 2. The van der Waals surface area contributed by atoms with E-state index in [2.05, 4.69) is 51.6 Å². The number of nitrogens with zero attached hydrogens (tertiary/aromatic N) is 3. The zero-order chi connectivity index (χ0) is 13.0. The highest BCUT2D eigenvalue weighted by Gasteiger charge is 2.14. The monoisotopic (exact) mass is 301 g/mol. The Bertz CT molecular complexity index is 371. The average molecular weight is 302 g/mol. The molecule has 96 valence electrons. The van der Waals surface area contributed by atoms with Gasteiger partial charge in [-0.1, -0.05) is 13.8 Å². The third-order valence-electron chi connectivity index (χ3n) is 2.65. The summed E-state index contributed by atoms with van der Waals surface area (Å²) in [7, 11) is 3.72. The molecule has 0 bridgehead atoms. The Morgan fingerprint density at radius 1 is 1.35 bits per heavy atom. The lowest BCUT2D eigenvalue weighted by Crippen LogP contribution is -2.33. The molecule has 0 aliphatic carbocycles. The molecule has 1 aromatic heterocycles. The lowest BCUT2D eigenvalue weighted by Gasteiger charge is -2.26. The molecule has 0 spiro atoms. The van der Waals surface area contributed by atoms with E-state index in [0.29, 0.717) is 12.5 Å². The molecule has 4 nitrogen and oxygen atoms in total. The fourth-order valence-corrected chi connectivity index (χ4v) is 1.83.